The maximum Gasteiger partial charge on any atom is 0.243 e. The number of benzene rings is 1. The number of nitrogens with one attached hydrogen (secondary N) is 2. The first kappa shape index (κ1) is 18.5. The quantitative estimate of drug-likeness (QED) is 0.621. The summed E-state index contributed by atoms with van der Waals surface area (Å²) >= 11 is 5.90. The van der Waals surface area contributed by atoms with E-state index in [1.54, 1.807) is 25.1 Å². The molecule has 0 atom stereocenters. The van der Waals surface area contributed by atoms with Crippen molar-refractivity contribution in [2.24, 2.45) is 11.0 Å². The SMILES string of the molecule is CC(CC(=O)Nc1ccc(Cl)cc1C)=NNC(=O)C1CCCCC1. The first-order valence-corrected chi connectivity index (χ1v) is 8.72. The third-order valence-electron chi connectivity index (χ3n) is 4.21. The summed E-state index contributed by atoms with van der Waals surface area (Å²) in [6.07, 6.45) is 5.39. The molecule has 5 nitrogen and oxygen atoms in total. The lowest BCUT2D eigenvalue weighted by molar-refractivity contribution is -0.126. The zero-order valence-corrected chi connectivity index (χ0v) is 14.9. The fourth-order valence-electron chi connectivity index (χ4n) is 2.84. The standard InChI is InChI=1S/C18H24ClN3O2/c1-12-10-15(19)8-9-16(12)20-17(23)11-13(2)21-22-18(24)14-6-4-3-5-7-14/h8-10,14H,3-7,11H2,1-2H3,(H,20,23)(H,22,24). The molecule has 0 unspecified atom stereocenters. The molecule has 0 saturated heterocycles. The number of hydrazone groups is 1. The summed E-state index contributed by atoms with van der Waals surface area (Å²) in [6.45, 7) is 3.61. The van der Waals surface area contributed by atoms with Gasteiger partial charge < -0.3 is 5.32 Å². The Morgan fingerprint density at radius 2 is 1.96 bits per heavy atom. The first-order chi connectivity index (χ1) is 11.5. The minimum atomic E-state index is -0.173. The number of hydrogen-bond acceptors (Lipinski definition) is 3. The fraction of sp³-hybridized carbons (Fsp3) is 0.500. The van der Waals surface area contributed by atoms with Crippen molar-refractivity contribution in [2.45, 2.75) is 52.4 Å². The molecule has 1 aliphatic carbocycles. The van der Waals surface area contributed by atoms with Crippen LogP contribution in [0.15, 0.2) is 23.3 Å². The molecule has 0 spiro atoms. The van der Waals surface area contributed by atoms with E-state index in [9.17, 15) is 9.59 Å². The number of anilines is 1. The number of amides is 2. The number of carbonyl (C=O) groups excluding carboxylic acids is 2. The predicted octanol–water partition coefficient (Wildman–Crippen LogP) is 4.05. The number of halogens is 1. The summed E-state index contributed by atoms with van der Waals surface area (Å²) in [4.78, 5) is 24.1. The van der Waals surface area contributed by atoms with E-state index in [0.29, 0.717) is 10.7 Å². The zero-order chi connectivity index (χ0) is 17.5. The average Bonchev–Trinajstić information content (AvgIpc) is 2.56. The highest BCUT2D eigenvalue weighted by molar-refractivity contribution is 6.30. The summed E-state index contributed by atoms with van der Waals surface area (Å²) in [5.74, 6) is -0.155. The minimum Gasteiger partial charge on any atom is -0.326 e. The van der Waals surface area contributed by atoms with Crippen molar-refractivity contribution in [3.05, 3.63) is 28.8 Å². The number of nitrogens with zero attached hydrogens (tertiary/aromatic N) is 1. The summed E-state index contributed by atoms with van der Waals surface area (Å²) in [5.41, 5.74) is 4.79. The van der Waals surface area contributed by atoms with Crippen molar-refractivity contribution < 1.29 is 9.59 Å². The van der Waals surface area contributed by atoms with Gasteiger partial charge in [-0.3, -0.25) is 9.59 Å². The Kier molecular flexibility index (Phi) is 6.79. The molecule has 2 amide bonds. The van der Waals surface area contributed by atoms with Crippen molar-refractivity contribution in [1.82, 2.24) is 5.43 Å². The molecule has 6 heteroatoms. The van der Waals surface area contributed by atoms with E-state index in [0.717, 1.165) is 36.9 Å². The van der Waals surface area contributed by atoms with Gasteiger partial charge in [-0.15, -0.1) is 0 Å². The van der Waals surface area contributed by atoms with Crippen molar-refractivity contribution in [3.63, 3.8) is 0 Å². The summed E-state index contributed by atoms with van der Waals surface area (Å²) < 4.78 is 0. The second kappa shape index (κ2) is 8.83. The average molecular weight is 350 g/mol. The van der Waals surface area contributed by atoms with Crippen LogP contribution in [-0.2, 0) is 9.59 Å². The van der Waals surface area contributed by atoms with Gasteiger partial charge in [-0.1, -0.05) is 30.9 Å². The topological polar surface area (TPSA) is 70.6 Å². The lowest BCUT2D eigenvalue weighted by atomic mass is 9.89. The normalized spacial score (nSPS) is 15.9. The third kappa shape index (κ3) is 5.64. The Morgan fingerprint density at radius 3 is 2.62 bits per heavy atom. The van der Waals surface area contributed by atoms with E-state index in [1.165, 1.54) is 6.42 Å². The molecule has 0 aliphatic heterocycles. The number of carbonyl (C=O) groups is 2. The van der Waals surface area contributed by atoms with Gasteiger partial charge in [-0.05, 0) is 50.5 Å². The van der Waals surface area contributed by atoms with Crippen LogP contribution < -0.4 is 10.7 Å². The lowest BCUT2D eigenvalue weighted by Gasteiger charge is -2.19. The Balaban J connectivity index is 1.82. The van der Waals surface area contributed by atoms with E-state index < -0.39 is 0 Å². The van der Waals surface area contributed by atoms with Crippen LogP contribution in [0.2, 0.25) is 5.02 Å². The van der Waals surface area contributed by atoms with E-state index in [-0.39, 0.29) is 24.2 Å². The molecular formula is C18H24ClN3O2. The molecule has 0 radical (unpaired) electrons. The second-order valence-electron chi connectivity index (χ2n) is 6.34. The lowest BCUT2D eigenvalue weighted by Crippen LogP contribution is -2.29. The van der Waals surface area contributed by atoms with E-state index in [1.807, 2.05) is 6.92 Å². The summed E-state index contributed by atoms with van der Waals surface area (Å²) in [7, 11) is 0. The van der Waals surface area contributed by atoms with Gasteiger partial charge >= 0.3 is 0 Å². The maximum atomic E-state index is 12.1. The van der Waals surface area contributed by atoms with Gasteiger partial charge in [0.1, 0.15) is 0 Å². The third-order valence-corrected chi connectivity index (χ3v) is 4.45. The van der Waals surface area contributed by atoms with Crippen molar-refractivity contribution in [3.8, 4) is 0 Å². The molecule has 0 aromatic heterocycles. The summed E-state index contributed by atoms with van der Waals surface area (Å²) in [6, 6.07) is 5.30. The van der Waals surface area contributed by atoms with E-state index in [2.05, 4.69) is 15.8 Å². The molecule has 0 heterocycles. The Labute approximate surface area is 147 Å². The summed E-state index contributed by atoms with van der Waals surface area (Å²) in [5, 5.41) is 7.51. The molecule has 130 valence electrons. The van der Waals surface area contributed by atoms with E-state index >= 15 is 0 Å². The van der Waals surface area contributed by atoms with Crippen molar-refractivity contribution >= 4 is 34.8 Å². The van der Waals surface area contributed by atoms with Crippen LogP contribution >= 0.6 is 11.6 Å². The van der Waals surface area contributed by atoms with Crippen molar-refractivity contribution in [1.29, 1.82) is 0 Å². The molecule has 2 N–H and O–H groups in total. The van der Waals surface area contributed by atoms with Gasteiger partial charge in [-0.25, -0.2) is 5.43 Å². The highest BCUT2D eigenvalue weighted by Crippen LogP contribution is 2.23. The molecule has 24 heavy (non-hydrogen) atoms. The Hall–Kier alpha value is -1.88. The molecule has 1 fully saturated rings. The molecule has 1 aromatic carbocycles. The molecule has 1 aromatic rings. The van der Waals surface area contributed by atoms with Crippen LogP contribution in [0.5, 0.6) is 0 Å². The number of hydrogen-bond donors (Lipinski definition) is 2. The van der Waals surface area contributed by atoms with E-state index in [4.69, 9.17) is 11.6 Å². The van der Waals surface area contributed by atoms with Gasteiger partial charge in [0.15, 0.2) is 0 Å². The zero-order valence-electron chi connectivity index (χ0n) is 14.2. The van der Waals surface area contributed by atoms with Gasteiger partial charge in [0, 0.05) is 22.3 Å². The predicted molar refractivity (Wildman–Crippen MR) is 97.3 cm³/mol. The van der Waals surface area contributed by atoms with Crippen LogP contribution in [0, 0.1) is 12.8 Å². The first-order valence-electron chi connectivity index (χ1n) is 8.34. The Morgan fingerprint density at radius 1 is 1.25 bits per heavy atom. The van der Waals surface area contributed by atoms with Gasteiger partial charge in [-0.2, -0.15) is 5.10 Å². The fourth-order valence-corrected chi connectivity index (χ4v) is 3.07. The molecule has 0 bridgehead atoms. The number of aryl methyl sites for hydroxylation is 1. The monoisotopic (exact) mass is 349 g/mol. The molecule has 1 saturated carbocycles. The highest BCUT2D eigenvalue weighted by atomic mass is 35.5. The van der Waals surface area contributed by atoms with Gasteiger partial charge in [0.2, 0.25) is 11.8 Å². The number of rotatable bonds is 5. The van der Waals surface area contributed by atoms with Crippen molar-refractivity contribution in [2.75, 3.05) is 5.32 Å². The molecule has 1 aliphatic rings. The molecule has 2 rings (SSSR count). The van der Waals surface area contributed by atoms with Gasteiger partial charge in [0.05, 0.1) is 6.42 Å². The largest absolute Gasteiger partial charge is 0.326 e. The van der Waals surface area contributed by atoms with Crippen LogP contribution in [0.1, 0.15) is 51.0 Å². The minimum absolute atomic E-state index is 0.0389. The highest BCUT2D eigenvalue weighted by Gasteiger charge is 2.20. The second-order valence-corrected chi connectivity index (χ2v) is 6.78. The molecular weight excluding hydrogens is 326 g/mol. The smallest absolute Gasteiger partial charge is 0.243 e. The van der Waals surface area contributed by atoms with Gasteiger partial charge in [0.25, 0.3) is 0 Å². The van der Waals surface area contributed by atoms with Crippen LogP contribution in [0.3, 0.4) is 0 Å². The van der Waals surface area contributed by atoms with Crippen LogP contribution in [-0.4, -0.2) is 17.5 Å². The van der Waals surface area contributed by atoms with Crippen LogP contribution in [0.25, 0.3) is 0 Å². The Bertz CT molecular complexity index is 637. The maximum absolute atomic E-state index is 12.1. The van der Waals surface area contributed by atoms with Crippen LogP contribution in [0.4, 0.5) is 5.69 Å².